The predicted octanol–water partition coefficient (Wildman–Crippen LogP) is 3.26. The molecule has 4 rings (SSSR count). The molecule has 2 fully saturated rings. The quantitative estimate of drug-likeness (QED) is 0.798. The molecular weight excluding hydrogens is 276 g/mol. The van der Waals surface area contributed by atoms with Gasteiger partial charge in [-0.3, -0.25) is 4.98 Å². The number of aromatic nitrogens is 1. The Balaban J connectivity index is 1.65. The lowest BCUT2D eigenvalue weighted by Gasteiger charge is -2.59. The largest absolute Gasteiger partial charge is 0.465 e. The number of nitrogens with zero attached hydrogens (tertiary/aromatic N) is 2. The van der Waals surface area contributed by atoms with Crippen LogP contribution < -0.4 is 4.90 Å². The minimum atomic E-state index is -0.308. The highest BCUT2D eigenvalue weighted by Gasteiger charge is 2.50. The van der Waals surface area contributed by atoms with Crippen LogP contribution in [0, 0.1) is 11.3 Å². The van der Waals surface area contributed by atoms with Gasteiger partial charge >= 0.3 is 5.97 Å². The summed E-state index contributed by atoms with van der Waals surface area (Å²) in [5.74, 6) is 0.575. The number of anilines is 1. The molecule has 114 valence electrons. The number of ether oxygens (including phenoxy) is 1. The fourth-order valence-corrected chi connectivity index (χ4v) is 4.24. The first-order valence-corrected chi connectivity index (χ1v) is 7.82. The summed E-state index contributed by atoms with van der Waals surface area (Å²) in [5.41, 5.74) is 3.16. The summed E-state index contributed by atoms with van der Waals surface area (Å²) in [6.45, 7) is 4.60. The van der Waals surface area contributed by atoms with Gasteiger partial charge in [-0.2, -0.15) is 0 Å². The molecular formula is C18H20N2O2. The molecule has 4 heteroatoms. The van der Waals surface area contributed by atoms with Crippen LogP contribution in [0.4, 0.5) is 5.69 Å². The molecule has 2 aliphatic rings. The fraction of sp³-hybridized carbons (Fsp3) is 0.444. The van der Waals surface area contributed by atoms with E-state index in [1.165, 1.54) is 25.6 Å². The number of methoxy groups -OCH3 is 1. The van der Waals surface area contributed by atoms with Crippen LogP contribution in [0.25, 0.3) is 10.9 Å². The zero-order valence-corrected chi connectivity index (χ0v) is 13.0. The molecule has 2 aromatic rings. The summed E-state index contributed by atoms with van der Waals surface area (Å²) < 4.78 is 4.88. The Morgan fingerprint density at radius 1 is 1.32 bits per heavy atom. The second kappa shape index (κ2) is 4.70. The van der Waals surface area contributed by atoms with E-state index in [2.05, 4.69) is 28.9 Å². The van der Waals surface area contributed by atoms with Crippen molar-refractivity contribution in [1.82, 2.24) is 4.98 Å². The zero-order valence-electron chi connectivity index (χ0n) is 13.0. The maximum atomic E-state index is 11.9. The number of carbonyl (C=O) groups excluding carboxylic acids is 1. The van der Waals surface area contributed by atoms with Crippen molar-refractivity contribution in [1.29, 1.82) is 0 Å². The van der Waals surface area contributed by atoms with Crippen LogP contribution in [0.2, 0.25) is 0 Å². The number of pyridine rings is 1. The standard InChI is InChI=1S/C18H20N2O2/c1-12-8-18(9-12)10-20(11-18)13-3-4-16-15(7-13)14(5-6-19-16)17(21)22-2/h3-7,12H,8-11H2,1-2H3. The van der Waals surface area contributed by atoms with E-state index in [0.717, 1.165) is 29.9 Å². The van der Waals surface area contributed by atoms with E-state index in [1.54, 1.807) is 12.3 Å². The number of rotatable bonds is 2. The van der Waals surface area contributed by atoms with E-state index in [0.29, 0.717) is 11.0 Å². The van der Waals surface area contributed by atoms with Gasteiger partial charge < -0.3 is 9.64 Å². The third-order valence-corrected chi connectivity index (χ3v) is 5.11. The molecule has 1 aliphatic carbocycles. The molecule has 1 spiro atoms. The van der Waals surface area contributed by atoms with E-state index < -0.39 is 0 Å². The monoisotopic (exact) mass is 296 g/mol. The van der Waals surface area contributed by atoms with Crippen molar-refractivity contribution in [3.63, 3.8) is 0 Å². The van der Waals surface area contributed by atoms with Crippen molar-refractivity contribution < 1.29 is 9.53 Å². The molecule has 1 aliphatic heterocycles. The minimum absolute atomic E-state index is 0.308. The van der Waals surface area contributed by atoms with Crippen molar-refractivity contribution in [2.75, 3.05) is 25.1 Å². The van der Waals surface area contributed by atoms with Crippen LogP contribution in [-0.4, -0.2) is 31.2 Å². The summed E-state index contributed by atoms with van der Waals surface area (Å²) in [7, 11) is 1.41. The average Bonchev–Trinajstić information content (AvgIpc) is 2.47. The first kappa shape index (κ1) is 13.6. The highest BCUT2D eigenvalue weighted by atomic mass is 16.5. The highest BCUT2D eigenvalue weighted by molar-refractivity contribution is 6.04. The lowest BCUT2D eigenvalue weighted by molar-refractivity contribution is 0.0337. The number of hydrogen-bond acceptors (Lipinski definition) is 4. The van der Waals surface area contributed by atoms with Gasteiger partial charge in [0.25, 0.3) is 0 Å². The number of benzene rings is 1. The van der Waals surface area contributed by atoms with Gasteiger partial charge in [-0.15, -0.1) is 0 Å². The van der Waals surface area contributed by atoms with Gasteiger partial charge in [0, 0.05) is 35.8 Å². The number of fused-ring (bicyclic) bond motifs is 1. The first-order chi connectivity index (χ1) is 10.6. The van der Waals surface area contributed by atoms with Crippen LogP contribution in [0.3, 0.4) is 0 Å². The Morgan fingerprint density at radius 3 is 2.77 bits per heavy atom. The number of esters is 1. The third kappa shape index (κ3) is 1.97. The van der Waals surface area contributed by atoms with Crippen molar-refractivity contribution in [2.45, 2.75) is 19.8 Å². The average molecular weight is 296 g/mol. The minimum Gasteiger partial charge on any atom is -0.465 e. The van der Waals surface area contributed by atoms with E-state index in [-0.39, 0.29) is 5.97 Å². The van der Waals surface area contributed by atoms with Crippen LogP contribution >= 0.6 is 0 Å². The summed E-state index contributed by atoms with van der Waals surface area (Å²) in [5, 5.41) is 0.870. The molecule has 0 unspecified atom stereocenters. The first-order valence-electron chi connectivity index (χ1n) is 7.82. The summed E-state index contributed by atoms with van der Waals surface area (Å²) in [6, 6.07) is 7.89. The molecule has 0 amide bonds. The lowest BCUT2D eigenvalue weighted by Crippen LogP contribution is -2.62. The second-order valence-electron chi connectivity index (χ2n) is 6.92. The van der Waals surface area contributed by atoms with Gasteiger partial charge in [-0.05, 0) is 43.0 Å². The van der Waals surface area contributed by atoms with Crippen molar-refractivity contribution in [3.8, 4) is 0 Å². The lowest BCUT2D eigenvalue weighted by atomic mass is 9.58. The number of carbonyl (C=O) groups is 1. The van der Waals surface area contributed by atoms with Crippen molar-refractivity contribution >= 4 is 22.6 Å². The molecule has 0 atom stereocenters. The Morgan fingerprint density at radius 2 is 2.09 bits per heavy atom. The molecule has 4 nitrogen and oxygen atoms in total. The Labute approximate surface area is 130 Å². The summed E-state index contributed by atoms with van der Waals surface area (Å²) >= 11 is 0. The van der Waals surface area contributed by atoms with Crippen LogP contribution in [-0.2, 0) is 4.74 Å². The Bertz CT molecular complexity index is 742. The van der Waals surface area contributed by atoms with Crippen LogP contribution in [0.15, 0.2) is 30.5 Å². The maximum absolute atomic E-state index is 11.9. The molecule has 2 heterocycles. The van der Waals surface area contributed by atoms with E-state index in [9.17, 15) is 4.79 Å². The van der Waals surface area contributed by atoms with Crippen LogP contribution in [0.1, 0.15) is 30.1 Å². The topological polar surface area (TPSA) is 42.4 Å². The van der Waals surface area contributed by atoms with E-state index in [1.807, 2.05) is 6.07 Å². The number of hydrogen-bond donors (Lipinski definition) is 0. The highest BCUT2D eigenvalue weighted by Crippen LogP contribution is 2.52. The van der Waals surface area contributed by atoms with Crippen LogP contribution in [0.5, 0.6) is 0 Å². The maximum Gasteiger partial charge on any atom is 0.338 e. The molecule has 1 saturated heterocycles. The van der Waals surface area contributed by atoms with Crippen molar-refractivity contribution in [3.05, 3.63) is 36.0 Å². The van der Waals surface area contributed by atoms with E-state index >= 15 is 0 Å². The van der Waals surface area contributed by atoms with Gasteiger partial charge in [0.05, 0.1) is 18.2 Å². The normalized spacial score (nSPS) is 19.8. The summed E-state index contributed by atoms with van der Waals surface area (Å²) in [4.78, 5) is 18.7. The van der Waals surface area contributed by atoms with Gasteiger partial charge in [-0.25, -0.2) is 4.79 Å². The van der Waals surface area contributed by atoms with E-state index in [4.69, 9.17) is 4.74 Å². The Kier molecular flexibility index (Phi) is 2.90. The van der Waals surface area contributed by atoms with Crippen molar-refractivity contribution in [2.24, 2.45) is 11.3 Å². The zero-order chi connectivity index (χ0) is 15.3. The molecule has 0 N–H and O–H groups in total. The molecule has 0 radical (unpaired) electrons. The molecule has 1 aromatic heterocycles. The summed E-state index contributed by atoms with van der Waals surface area (Å²) in [6.07, 6.45) is 4.36. The predicted molar refractivity (Wildman–Crippen MR) is 86.1 cm³/mol. The molecule has 1 aromatic carbocycles. The smallest absolute Gasteiger partial charge is 0.338 e. The molecule has 22 heavy (non-hydrogen) atoms. The Hall–Kier alpha value is -2.10. The second-order valence-corrected chi connectivity index (χ2v) is 6.92. The van der Waals surface area contributed by atoms with Gasteiger partial charge in [0.2, 0.25) is 0 Å². The SMILES string of the molecule is COC(=O)c1ccnc2ccc(N3CC4(CC(C)C4)C3)cc12. The van der Waals surface area contributed by atoms with Gasteiger partial charge in [0.15, 0.2) is 0 Å². The third-order valence-electron chi connectivity index (χ3n) is 5.11. The fourth-order valence-electron chi connectivity index (χ4n) is 4.24. The molecule has 1 saturated carbocycles. The molecule has 0 bridgehead atoms. The van der Waals surface area contributed by atoms with Gasteiger partial charge in [0.1, 0.15) is 0 Å². The van der Waals surface area contributed by atoms with Gasteiger partial charge in [-0.1, -0.05) is 6.92 Å².